The van der Waals surface area contributed by atoms with E-state index in [9.17, 15) is 14.4 Å². The predicted molar refractivity (Wildman–Crippen MR) is 82.3 cm³/mol. The molecule has 0 aromatic carbocycles. The molecule has 0 bridgehead atoms. The van der Waals surface area contributed by atoms with Gasteiger partial charge < -0.3 is 5.32 Å². The average Bonchev–Trinajstić information content (AvgIpc) is 3.01. The smallest absolute Gasteiger partial charge is 0.233 e. The highest BCUT2D eigenvalue weighted by molar-refractivity contribution is 7.15. The maximum Gasteiger partial charge on any atom is 0.233 e. The Labute approximate surface area is 132 Å². The van der Waals surface area contributed by atoms with Crippen LogP contribution in [-0.4, -0.2) is 34.2 Å². The molecule has 2 atom stereocenters. The third kappa shape index (κ3) is 2.90. The highest BCUT2D eigenvalue weighted by Gasteiger charge is 2.47. The van der Waals surface area contributed by atoms with Gasteiger partial charge in [0.1, 0.15) is 0 Å². The molecule has 7 heteroatoms. The molecule has 1 aromatic heterocycles. The summed E-state index contributed by atoms with van der Waals surface area (Å²) in [4.78, 5) is 42.9. The molecule has 118 valence electrons. The number of likely N-dealkylation sites (tertiary alicyclic amines) is 1. The number of aromatic nitrogens is 1. The first kappa shape index (κ1) is 15.1. The third-order valence-corrected chi connectivity index (χ3v) is 5.19. The van der Waals surface area contributed by atoms with Crippen molar-refractivity contribution in [1.29, 1.82) is 0 Å². The normalized spacial score (nSPS) is 24.5. The second kappa shape index (κ2) is 6.16. The van der Waals surface area contributed by atoms with Gasteiger partial charge >= 0.3 is 0 Å². The summed E-state index contributed by atoms with van der Waals surface area (Å²) in [7, 11) is 0. The number of thiazole rings is 1. The Hall–Kier alpha value is -1.76. The first-order chi connectivity index (χ1) is 10.6. The number of carbonyl (C=O) groups excluding carboxylic acids is 3. The highest BCUT2D eigenvalue weighted by atomic mass is 32.1. The van der Waals surface area contributed by atoms with E-state index in [1.807, 2.05) is 6.92 Å². The van der Waals surface area contributed by atoms with Gasteiger partial charge in [0.2, 0.25) is 17.7 Å². The second-order valence-electron chi connectivity index (χ2n) is 5.90. The summed E-state index contributed by atoms with van der Waals surface area (Å²) in [5.41, 5.74) is 0. The predicted octanol–water partition coefficient (Wildman–Crippen LogP) is 1.96. The van der Waals surface area contributed by atoms with Crippen molar-refractivity contribution in [2.45, 2.75) is 39.0 Å². The number of fused-ring (bicyclic) bond motifs is 1. The summed E-state index contributed by atoms with van der Waals surface area (Å²) in [5.74, 6) is -0.693. The van der Waals surface area contributed by atoms with Gasteiger partial charge in [0.25, 0.3) is 0 Å². The fourth-order valence-electron chi connectivity index (χ4n) is 3.26. The zero-order chi connectivity index (χ0) is 15.7. The third-order valence-electron chi connectivity index (χ3n) is 4.36. The van der Waals surface area contributed by atoms with Crippen LogP contribution >= 0.6 is 11.3 Å². The molecule has 2 heterocycles. The molecule has 2 aliphatic rings. The first-order valence-corrected chi connectivity index (χ1v) is 8.45. The number of carbonyl (C=O) groups is 3. The summed E-state index contributed by atoms with van der Waals surface area (Å²) >= 11 is 1.40. The molecule has 1 aliphatic carbocycles. The van der Waals surface area contributed by atoms with Gasteiger partial charge in [0, 0.05) is 24.0 Å². The van der Waals surface area contributed by atoms with Gasteiger partial charge in [-0.3, -0.25) is 19.3 Å². The van der Waals surface area contributed by atoms with E-state index in [0.717, 1.165) is 30.6 Å². The Bertz CT molecular complexity index is 589. The molecule has 0 spiro atoms. The van der Waals surface area contributed by atoms with Crippen LogP contribution in [0.4, 0.5) is 5.13 Å². The summed E-state index contributed by atoms with van der Waals surface area (Å²) in [6.07, 6.45) is 5.44. The van der Waals surface area contributed by atoms with E-state index in [2.05, 4.69) is 10.3 Å². The van der Waals surface area contributed by atoms with Crippen molar-refractivity contribution in [3.05, 3.63) is 11.1 Å². The topological polar surface area (TPSA) is 79.4 Å². The molecular formula is C15H19N3O3S. The standard InChI is InChI=1S/C15H19N3O3S/c1-9-8-16-15(22-9)17-12(19)6-7-18-13(20)10-4-2-3-5-11(10)14(18)21/h8,10-11H,2-7H2,1H3,(H,16,17,19)/t10-,11-/m0/s1. The molecule has 22 heavy (non-hydrogen) atoms. The van der Waals surface area contributed by atoms with Gasteiger partial charge in [-0.25, -0.2) is 4.98 Å². The van der Waals surface area contributed by atoms with Gasteiger partial charge in [0.15, 0.2) is 5.13 Å². The van der Waals surface area contributed by atoms with E-state index >= 15 is 0 Å². The molecule has 0 unspecified atom stereocenters. The molecule has 1 aliphatic heterocycles. The summed E-state index contributed by atoms with van der Waals surface area (Å²) in [5, 5.41) is 3.25. The van der Waals surface area contributed by atoms with Crippen LogP contribution in [0.1, 0.15) is 37.0 Å². The Kier molecular flexibility index (Phi) is 4.24. The quantitative estimate of drug-likeness (QED) is 0.860. The van der Waals surface area contributed by atoms with Crippen LogP contribution in [0.2, 0.25) is 0 Å². The van der Waals surface area contributed by atoms with Crippen LogP contribution in [0, 0.1) is 18.8 Å². The number of anilines is 1. The van der Waals surface area contributed by atoms with Crippen molar-refractivity contribution < 1.29 is 14.4 Å². The lowest BCUT2D eigenvalue weighted by Crippen LogP contribution is -2.34. The fraction of sp³-hybridized carbons (Fsp3) is 0.600. The first-order valence-electron chi connectivity index (χ1n) is 7.64. The second-order valence-corrected chi connectivity index (χ2v) is 7.13. The molecule has 0 radical (unpaired) electrons. The summed E-state index contributed by atoms with van der Waals surface area (Å²) < 4.78 is 0. The van der Waals surface area contributed by atoms with Gasteiger partial charge in [-0.2, -0.15) is 0 Å². The monoisotopic (exact) mass is 321 g/mol. The van der Waals surface area contributed by atoms with E-state index < -0.39 is 0 Å². The van der Waals surface area contributed by atoms with Gasteiger partial charge in [-0.1, -0.05) is 12.8 Å². The SMILES string of the molecule is Cc1cnc(NC(=O)CCN2C(=O)[C@H]3CCCC[C@@H]3C2=O)s1. The lowest BCUT2D eigenvalue weighted by atomic mass is 9.81. The Balaban J connectivity index is 1.55. The summed E-state index contributed by atoms with van der Waals surface area (Å²) in [6, 6.07) is 0. The number of hydrogen-bond donors (Lipinski definition) is 1. The maximum absolute atomic E-state index is 12.3. The molecule has 1 saturated heterocycles. The van der Waals surface area contributed by atoms with Crippen LogP contribution < -0.4 is 5.32 Å². The minimum atomic E-state index is -0.218. The molecule has 6 nitrogen and oxygen atoms in total. The van der Waals surface area contributed by atoms with Crippen molar-refractivity contribution in [1.82, 2.24) is 9.88 Å². The number of amides is 3. The maximum atomic E-state index is 12.3. The zero-order valence-corrected chi connectivity index (χ0v) is 13.3. The van der Waals surface area contributed by atoms with Crippen molar-refractivity contribution >= 4 is 34.2 Å². The van der Waals surface area contributed by atoms with Crippen molar-refractivity contribution in [3.8, 4) is 0 Å². The van der Waals surface area contributed by atoms with Crippen LogP contribution in [0.25, 0.3) is 0 Å². The lowest BCUT2D eigenvalue weighted by Gasteiger charge is -2.19. The molecule has 1 saturated carbocycles. The number of hydrogen-bond acceptors (Lipinski definition) is 5. The van der Waals surface area contributed by atoms with Crippen LogP contribution in [0.3, 0.4) is 0 Å². The van der Waals surface area contributed by atoms with Gasteiger partial charge in [0.05, 0.1) is 11.8 Å². The van der Waals surface area contributed by atoms with E-state index in [1.54, 1.807) is 6.20 Å². The zero-order valence-electron chi connectivity index (χ0n) is 12.5. The lowest BCUT2D eigenvalue weighted by molar-refractivity contribution is -0.140. The van der Waals surface area contributed by atoms with E-state index in [0.29, 0.717) is 5.13 Å². The largest absolute Gasteiger partial charge is 0.302 e. The minimum absolute atomic E-state index is 0.0902. The Morgan fingerprint density at radius 1 is 1.32 bits per heavy atom. The van der Waals surface area contributed by atoms with Crippen molar-refractivity contribution in [2.24, 2.45) is 11.8 Å². The van der Waals surface area contributed by atoms with Crippen LogP contribution in [0.15, 0.2) is 6.20 Å². The van der Waals surface area contributed by atoms with Crippen LogP contribution in [0.5, 0.6) is 0 Å². The van der Waals surface area contributed by atoms with Crippen molar-refractivity contribution in [2.75, 3.05) is 11.9 Å². The summed E-state index contributed by atoms with van der Waals surface area (Å²) in [6.45, 7) is 2.08. The number of aryl methyl sites for hydroxylation is 1. The number of nitrogens with one attached hydrogen (secondary N) is 1. The van der Waals surface area contributed by atoms with Gasteiger partial charge in [-0.15, -0.1) is 11.3 Å². The molecule has 3 amide bonds. The number of rotatable bonds is 4. The number of nitrogens with zero attached hydrogens (tertiary/aromatic N) is 2. The van der Waals surface area contributed by atoms with E-state index in [-0.39, 0.29) is 42.5 Å². The number of imide groups is 1. The molecule has 3 rings (SSSR count). The van der Waals surface area contributed by atoms with E-state index in [1.165, 1.54) is 16.2 Å². The van der Waals surface area contributed by atoms with E-state index in [4.69, 9.17) is 0 Å². The molecule has 1 aromatic rings. The average molecular weight is 321 g/mol. The molecule has 1 N–H and O–H groups in total. The molecular weight excluding hydrogens is 302 g/mol. The van der Waals surface area contributed by atoms with Crippen LogP contribution in [-0.2, 0) is 14.4 Å². The van der Waals surface area contributed by atoms with Crippen molar-refractivity contribution in [3.63, 3.8) is 0 Å². The Morgan fingerprint density at radius 3 is 2.50 bits per heavy atom. The molecule has 2 fully saturated rings. The van der Waals surface area contributed by atoms with Gasteiger partial charge in [-0.05, 0) is 19.8 Å². The highest BCUT2D eigenvalue weighted by Crippen LogP contribution is 2.37. The Morgan fingerprint density at radius 2 is 1.95 bits per heavy atom. The fourth-order valence-corrected chi connectivity index (χ4v) is 3.94. The minimum Gasteiger partial charge on any atom is -0.302 e.